The first-order chi connectivity index (χ1) is 15.4. The number of rotatable bonds is 8. The van der Waals surface area contributed by atoms with Gasteiger partial charge in [-0.3, -0.25) is 14.4 Å². The monoisotopic (exact) mass is 434 g/mol. The van der Waals surface area contributed by atoms with Gasteiger partial charge in [0.25, 0.3) is 0 Å². The molecule has 0 spiro atoms. The molecule has 0 saturated heterocycles. The fourth-order valence-electron chi connectivity index (χ4n) is 5.58. The van der Waals surface area contributed by atoms with E-state index in [0.717, 1.165) is 42.5 Å². The average Bonchev–Trinajstić information content (AvgIpc) is 3.28. The van der Waals surface area contributed by atoms with Crippen molar-refractivity contribution in [2.45, 2.75) is 56.5 Å². The Labute approximate surface area is 188 Å². The largest absolute Gasteiger partial charge is 0.480 e. The Kier molecular flexibility index (Phi) is 6.15. The number of ketones is 2. The molecule has 4 rings (SSSR count). The third-order valence-corrected chi connectivity index (χ3v) is 7.31. The molecule has 1 aliphatic heterocycles. The molecular formula is C26H30N2O4. The first-order valence-corrected chi connectivity index (χ1v) is 11.4. The molecule has 32 heavy (non-hydrogen) atoms. The van der Waals surface area contributed by atoms with Crippen LogP contribution in [0.4, 0.5) is 5.69 Å². The van der Waals surface area contributed by atoms with E-state index in [1.54, 1.807) is 19.2 Å². The van der Waals surface area contributed by atoms with Crippen molar-refractivity contribution in [1.29, 1.82) is 0 Å². The van der Waals surface area contributed by atoms with Gasteiger partial charge < -0.3 is 15.7 Å². The summed E-state index contributed by atoms with van der Waals surface area (Å²) in [5, 5.41) is 17.0. The Morgan fingerprint density at radius 1 is 1.09 bits per heavy atom. The first kappa shape index (κ1) is 22.2. The van der Waals surface area contributed by atoms with Crippen LogP contribution in [0.3, 0.4) is 0 Å². The van der Waals surface area contributed by atoms with Gasteiger partial charge in [0.15, 0.2) is 0 Å². The Morgan fingerprint density at radius 2 is 1.81 bits per heavy atom. The molecule has 6 heteroatoms. The molecule has 0 bridgehead atoms. The van der Waals surface area contributed by atoms with Crippen LogP contribution < -0.4 is 10.6 Å². The predicted molar refractivity (Wildman–Crippen MR) is 123 cm³/mol. The van der Waals surface area contributed by atoms with Crippen molar-refractivity contribution in [2.75, 3.05) is 12.4 Å². The minimum Gasteiger partial charge on any atom is -0.480 e. The second-order valence-corrected chi connectivity index (χ2v) is 8.92. The van der Waals surface area contributed by atoms with E-state index < -0.39 is 35.4 Å². The second kappa shape index (κ2) is 8.87. The third kappa shape index (κ3) is 3.73. The summed E-state index contributed by atoms with van der Waals surface area (Å²) in [5.41, 5.74) is 1.60. The Hall–Kier alpha value is -2.99. The number of Topliss-reactive ketones (excluding diaryl/α,β-unsaturated/α-hetero) is 2. The van der Waals surface area contributed by atoms with E-state index in [1.165, 1.54) is 0 Å². The zero-order valence-electron chi connectivity index (χ0n) is 18.6. The number of fused-ring (bicyclic) bond motifs is 2. The fourth-order valence-corrected chi connectivity index (χ4v) is 5.58. The molecule has 1 heterocycles. The van der Waals surface area contributed by atoms with Crippen LogP contribution in [-0.4, -0.2) is 41.3 Å². The summed E-state index contributed by atoms with van der Waals surface area (Å²) in [5.74, 6) is -2.78. The molecule has 3 N–H and O–H groups in total. The van der Waals surface area contributed by atoms with Crippen molar-refractivity contribution in [3.8, 4) is 0 Å². The molecule has 0 radical (unpaired) electrons. The smallest absolute Gasteiger partial charge is 0.325 e. The van der Waals surface area contributed by atoms with E-state index in [2.05, 4.69) is 10.6 Å². The van der Waals surface area contributed by atoms with Gasteiger partial charge in [0.2, 0.25) is 11.6 Å². The van der Waals surface area contributed by atoms with Crippen LogP contribution in [0.2, 0.25) is 0 Å². The number of hydrogen-bond acceptors (Lipinski definition) is 5. The van der Waals surface area contributed by atoms with Gasteiger partial charge in [-0.2, -0.15) is 0 Å². The summed E-state index contributed by atoms with van der Waals surface area (Å²) in [4.78, 5) is 38.9. The third-order valence-electron chi connectivity index (χ3n) is 7.31. The zero-order valence-corrected chi connectivity index (χ0v) is 18.6. The SMILES string of the molecule is CCc1ccc(C(=O)C(=O)CC(NC)(C(=O)O)C2c3ccccc3N[C@@H]3CCC[C@H]23)cc1. The number of carbonyl (C=O) groups excluding carboxylic acids is 2. The molecule has 168 valence electrons. The van der Waals surface area contributed by atoms with E-state index in [0.29, 0.717) is 5.56 Å². The van der Waals surface area contributed by atoms with Crippen molar-refractivity contribution >= 4 is 23.2 Å². The van der Waals surface area contributed by atoms with Crippen LogP contribution in [0.25, 0.3) is 0 Å². The molecule has 2 aliphatic rings. The van der Waals surface area contributed by atoms with Gasteiger partial charge in [0.05, 0.1) is 0 Å². The van der Waals surface area contributed by atoms with E-state index in [9.17, 15) is 19.5 Å². The normalized spacial score (nSPS) is 23.4. The van der Waals surface area contributed by atoms with Gasteiger partial charge in [-0.15, -0.1) is 0 Å². The van der Waals surface area contributed by atoms with Crippen LogP contribution in [0, 0.1) is 5.92 Å². The summed E-state index contributed by atoms with van der Waals surface area (Å²) in [6.45, 7) is 2.02. The van der Waals surface area contributed by atoms with Gasteiger partial charge in [-0.05, 0) is 49.4 Å². The number of carboxylic acids is 1. The maximum Gasteiger partial charge on any atom is 0.325 e. The highest BCUT2D eigenvalue weighted by molar-refractivity contribution is 6.44. The first-order valence-electron chi connectivity index (χ1n) is 11.4. The molecule has 6 nitrogen and oxygen atoms in total. The average molecular weight is 435 g/mol. The Bertz CT molecular complexity index is 1030. The molecule has 0 amide bonds. The summed E-state index contributed by atoms with van der Waals surface area (Å²) in [7, 11) is 1.58. The molecule has 2 aromatic rings. The zero-order chi connectivity index (χ0) is 22.9. The molecule has 4 atom stereocenters. The van der Waals surface area contributed by atoms with E-state index >= 15 is 0 Å². The van der Waals surface area contributed by atoms with Gasteiger partial charge >= 0.3 is 5.97 Å². The maximum absolute atomic E-state index is 13.2. The van der Waals surface area contributed by atoms with Crippen LogP contribution in [-0.2, 0) is 16.0 Å². The van der Waals surface area contributed by atoms with Gasteiger partial charge in [0, 0.05) is 29.6 Å². The number of aliphatic carboxylic acids is 1. The number of anilines is 1. The lowest BCUT2D eigenvalue weighted by Gasteiger charge is -2.46. The predicted octanol–water partition coefficient (Wildman–Crippen LogP) is 3.81. The molecule has 2 unspecified atom stereocenters. The number of aryl methyl sites for hydroxylation is 1. The number of hydrogen-bond donors (Lipinski definition) is 3. The number of carboxylic acid groups (broad SMARTS) is 1. The van der Waals surface area contributed by atoms with E-state index in [-0.39, 0.29) is 12.0 Å². The highest BCUT2D eigenvalue weighted by Gasteiger charge is 2.55. The van der Waals surface area contributed by atoms with Crippen molar-refractivity contribution in [3.63, 3.8) is 0 Å². The number of carbonyl (C=O) groups is 3. The lowest BCUT2D eigenvalue weighted by atomic mass is 9.65. The molecule has 1 aliphatic carbocycles. The maximum atomic E-state index is 13.2. The molecular weight excluding hydrogens is 404 g/mol. The van der Waals surface area contributed by atoms with Gasteiger partial charge in [-0.25, -0.2) is 0 Å². The fraction of sp³-hybridized carbons (Fsp3) is 0.423. The molecule has 1 fully saturated rings. The topological polar surface area (TPSA) is 95.5 Å². The Morgan fingerprint density at radius 3 is 2.47 bits per heavy atom. The van der Waals surface area contributed by atoms with Crippen LogP contribution in [0.15, 0.2) is 48.5 Å². The number of nitrogens with one attached hydrogen (secondary N) is 2. The number of para-hydroxylation sites is 1. The summed E-state index contributed by atoms with van der Waals surface area (Å²) in [6, 6.07) is 14.8. The molecule has 0 aromatic heterocycles. The summed E-state index contributed by atoms with van der Waals surface area (Å²) < 4.78 is 0. The lowest BCUT2D eigenvalue weighted by molar-refractivity contribution is -0.148. The van der Waals surface area contributed by atoms with Crippen molar-refractivity contribution in [3.05, 3.63) is 65.2 Å². The van der Waals surface area contributed by atoms with Gasteiger partial charge in [-0.1, -0.05) is 55.8 Å². The van der Waals surface area contributed by atoms with Crippen molar-refractivity contribution < 1.29 is 19.5 Å². The minimum atomic E-state index is -1.57. The second-order valence-electron chi connectivity index (χ2n) is 8.92. The van der Waals surface area contributed by atoms with E-state index in [4.69, 9.17) is 0 Å². The van der Waals surface area contributed by atoms with Crippen molar-refractivity contribution in [2.24, 2.45) is 5.92 Å². The van der Waals surface area contributed by atoms with Crippen LogP contribution >= 0.6 is 0 Å². The minimum absolute atomic E-state index is 0.0696. The van der Waals surface area contributed by atoms with Crippen LogP contribution in [0.1, 0.15) is 60.0 Å². The van der Waals surface area contributed by atoms with Gasteiger partial charge in [0.1, 0.15) is 5.54 Å². The molecule has 1 saturated carbocycles. The highest BCUT2D eigenvalue weighted by atomic mass is 16.4. The number of benzene rings is 2. The summed E-state index contributed by atoms with van der Waals surface area (Å²) >= 11 is 0. The van der Waals surface area contributed by atoms with Crippen molar-refractivity contribution in [1.82, 2.24) is 5.32 Å². The lowest BCUT2D eigenvalue weighted by Crippen LogP contribution is -2.60. The Balaban J connectivity index is 1.71. The van der Waals surface area contributed by atoms with E-state index in [1.807, 2.05) is 43.3 Å². The highest BCUT2D eigenvalue weighted by Crippen LogP contribution is 2.51. The van der Waals surface area contributed by atoms with Crippen LogP contribution in [0.5, 0.6) is 0 Å². The summed E-state index contributed by atoms with van der Waals surface area (Å²) in [6.07, 6.45) is 3.29. The number of likely N-dealkylation sites (N-methyl/N-ethyl adjacent to an activating group) is 1. The molecule has 2 aromatic carbocycles. The standard InChI is InChI=1S/C26H30N2O4/c1-3-16-11-13-17(14-12-16)24(30)22(29)15-26(27-2,25(31)32)23-18-7-4-5-9-20(18)28-21-10-6-8-19(21)23/h4-5,7,9,11-14,19,21,23,27-28H,3,6,8,10,15H2,1-2H3,(H,31,32)/t19-,21+,23?,26?/m0/s1. The quantitative estimate of drug-likeness (QED) is 0.432.